The highest BCUT2D eigenvalue weighted by molar-refractivity contribution is 5.97. The monoisotopic (exact) mass is 332 g/mol. The molecule has 2 amide bonds. The largest absolute Gasteiger partial charge is 0.349 e. The maximum atomic E-state index is 12.7. The molecule has 0 atom stereocenters. The molecule has 1 aliphatic heterocycles. The summed E-state index contributed by atoms with van der Waals surface area (Å²) < 4.78 is 1.95. The van der Waals surface area contributed by atoms with Crippen molar-refractivity contribution in [2.45, 2.75) is 71.4 Å². The number of rotatable bonds is 5. The van der Waals surface area contributed by atoms with Crippen LogP contribution in [-0.4, -0.2) is 34.0 Å². The minimum Gasteiger partial charge on any atom is -0.349 e. The second-order valence-corrected chi connectivity index (χ2v) is 7.40. The first-order valence-electron chi connectivity index (χ1n) is 9.24. The van der Waals surface area contributed by atoms with Crippen molar-refractivity contribution < 1.29 is 9.59 Å². The zero-order valence-electron chi connectivity index (χ0n) is 14.7. The molecular weight excluding hydrogens is 304 g/mol. The van der Waals surface area contributed by atoms with E-state index in [0.717, 1.165) is 44.3 Å². The molecule has 6 nitrogen and oxygen atoms in total. The van der Waals surface area contributed by atoms with Crippen molar-refractivity contribution in [1.29, 1.82) is 0 Å². The Hall–Kier alpha value is -1.85. The Bertz CT molecular complexity index is 615. The molecule has 1 fully saturated rings. The third-order valence-electron chi connectivity index (χ3n) is 4.90. The predicted octanol–water partition coefficient (Wildman–Crippen LogP) is 2.28. The number of aromatic nitrogens is 2. The number of carbonyl (C=O) groups is 2. The van der Waals surface area contributed by atoms with Crippen molar-refractivity contribution in [1.82, 2.24) is 20.2 Å². The van der Waals surface area contributed by atoms with Gasteiger partial charge in [0.1, 0.15) is 5.69 Å². The van der Waals surface area contributed by atoms with Gasteiger partial charge in [-0.05, 0) is 38.0 Å². The molecule has 24 heavy (non-hydrogen) atoms. The second-order valence-electron chi connectivity index (χ2n) is 7.40. The fourth-order valence-electron chi connectivity index (χ4n) is 3.60. The van der Waals surface area contributed by atoms with Crippen LogP contribution in [-0.2, 0) is 13.0 Å². The molecule has 2 N–H and O–H groups in total. The Kier molecular flexibility index (Phi) is 5.21. The van der Waals surface area contributed by atoms with Gasteiger partial charge in [-0.1, -0.05) is 26.7 Å². The summed E-state index contributed by atoms with van der Waals surface area (Å²) in [7, 11) is 0. The molecule has 0 radical (unpaired) electrons. The lowest BCUT2D eigenvalue weighted by Gasteiger charge is -2.17. The normalized spacial score (nSPS) is 17.8. The van der Waals surface area contributed by atoms with E-state index in [4.69, 9.17) is 0 Å². The van der Waals surface area contributed by atoms with Gasteiger partial charge in [-0.3, -0.25) is 9.59 Å². The van der Waals surface area contributed by atoms with E-state index in [9.17, 15) is 9.59 Å². The summed E-state index contributed by atoms with van der Waals surface area (Å²) in [6.07, 6.45) is 7.33. The molecule has 3 rings (SSSR count). The third-order valence-corrected chi connectivity index (χ3v) is 4.90. The van der Waals surface area contributed by atoms with E-state index >= 15 is 0 Å². The topological polar surface area (TPSA) is 76.0 Å². The minimum atomic E-state index is -0.174. The van der Waals surface area contributed by atoms with Gasteiger partial charge in [0.2, 0.25) is 0 Å². The Balaban J connectivity index is 1.81. The maximum Gasteiger partial charge on any atom is 0.287 e. The first kappa shape index (κ1) is 17.0. The minimum absolute atomic E-state index is 0.115. The summed E-state index contributed by atoms with van der Waals surface area (Å²) in [5.74, 6) is 0.485. The molecule has 0 bridgehead atoms. The van der Waals surface area contributed by atoms with Gasteiger partial charge in [0.05, 0.1) is 5.69 Å². The average molecular weight is 332 g/mol. The molecule has 132 valence electrons. The molecule has 0 saturated heterocycles. The molecule has 1 saturated carbocycles. The zero-order valence-corrected chi connectivity index (χ0v) is 14.7. The van der Waals surface area contributed by atoms with Crippen molar-refractivity contribution in [2.75, 3.05) is 6.54 Å². The highest BCUT2D eigenvalue weighted by atomic mass is 16.2. The van der Waals surface area contributed by atoms with Crippen LogP contribution >= 0.6 is 0 Å². The summed E-state index contributed by atoms with van der Waals surface area (Å²) in [5.41, 5.74) is 1.38. The van der Waals surface area contributed by atoms with Crippen molar-refractivity contribution in [3.63, 3.8) is 0 Å². The Morgan fingerprint density at radius 1 is 1.17 bits per heavy atom. The van der Waals surface area contributed by atoms with Gasteiger partial charge in [-0.25, -0.2) is 4.98 Å². The molecule has 2 aliphatic rings. The van der Waals surface area contributed by atoms with Crippen LogP contribution in [0.1, 0.15) is 79.2 Å². The molecule has 0 aromatic carbocycles. The maximum absolute atomic E-state index is 12.7. The van der Waals surface area contributed by atoms with Crippen LogP contribution in [0.2, 0.25) is 0 Å². The molecule has 1 aliphatic carbocycles. The predicted molar refractivity (Wildman–Crippen MR) is 92.1 cm³/mol. The van der Waals surface area contributed by atoms with Crippen molar-refractivity contribution in [3.05, 3.63) is 17.2 Å². The summed E-state index contributed by atoms with van der Waals surface area (Å²) in [6, 6.07) is 0.261. The molecule has 1 aromatic heterocycles. The van der Waals surface area contributed by atoms with Gasteiger partial charge in [0.25, 0.3) is 11.8 Å². The van der Waals surface area contributed by atoms with Crippen LogP contribution in [0.3, 0.4) is 0 Å². The number of imidazole rings is 1. The molecule has 6 heteroatoms. The lowest BCUT2D eigenvalue weighted by Crippen LogP contribution is -2.33. The van der Waals surface area contributed by atoms with E-state index in [2.05, 4.69) is 29.5 Å². The van der Waals surface area contributed by atoms with E-state index in [-0.39, 0.29) is 17.9 Å². The fourth-order valence-corrected chi connectivity index (χ4v) is 3.60. The van der Waals surface area contributed by atoms with Gasteiger partial charge in [0.15, 0.2) is 5.82 Å². The van der Waals surface area contributed by atoms with E-state index < -0.39 is 0 Å². The fraction of sp³-hybridized carbons (Fsp3) is 0.722. The first-order valence-corrected chi connectivity index (χ1v) is 9.24. The highest BCUT2D eigenvalue weighted by Gasteiger charge is 2.28. The van der Waals surface area contributed by atoms with Gasteiger partial charge in [-0.15, -0.1) is 0 Å². The summed E-state index contributed by atoms with van der Waals surface area (Å²) in [6.45, 7) is 5.50. The van der Waals surface area contributed by atoms with Crippen LogP contribution in [0.5, 0.6) is 0 Å². The summed E-state index contributed by atoms with van der Waals surface area (Å²) in [4.78, 5) is 29.6. The van der Waals surface area contributed by atoms with E-state index in [1.807, 2.05) is 4.57 Å². The summed E-state index contributed by atoms with van der Waals surface area (Å²) >= 11 is 0. The van der Waals surface area contributed by atoms with Crippen molar-refractivity contribution >= 4 is 11.8 Å². The van der Waals surface area contributed by atoms with E-state index in [1.54, 1.807) is 0 Å². The van der Waals surface area contributed by atoms with Crippen molar-refractivity contribution in [3.8, 4) is 0 Å². The van der Waals surface area contributed by atoms with Crippen molar-refractivity contribution in [2.24, 2.45) is 5.92 Å². The third kappa shape index (κ3) is 3.62. The quantitative estimate of drug-likeness (QED) is 0.868. The average Bonchev–Trinajstić information content (AvgIpc) is 3.20. The van der Waals surface area contributed by atoms with Gasteiger partial charge in [-0.2, -0.15) is 0 Å². The second kappa shape index (κ2) is 7.36. The van der Waals surface area contributed by atoms with E-state index in [1.165, 1.54) is 12.8 Å². The zero-order chi connectivity index (χ0) is 17.1. The van der Waals surface area contributed by atoms with Gasteiger partial charge < -0.3 is 15.2 Å². The molecular formula is C18H28N4O2. The highest BCUT2D eigenvalue weighted by Crippen LogP contribution is 2.23. The van der Waals surface area contributed by atoms with Gasteiger partial charge in [0, 0.05) is 19.1 Å². The SMILES string of the molecule is CC(C)CNC(=O)c1nc(C(=O)NC2CCCC2)c2n1CCCC2. The molecule has 0 spiro atoms. The lowest BCUT2D eigenvalue weighted by molar-refractivity contribution is 0.0931. The molecule has 2 heterocycles. The molecule has 0 unspecified atom stereocenters. The summed E-state index contributed by atoms with van der Waals surface area (Å²) in [5, 5.41) is 6.02. The van der Waals surface area contributed by atoms with Crippen LogP contribution in [0.25, 0.3) is 0 Å². The number of fused-ring (bicyclic) bond motifs is 1. The lowest BCUT2D eigenvalue weighted by atomic mass is 10.1. The Labute approximate surface area is 143 Å². The number of nitrogens with one attached hydrogen (secondary N) is 2. The van der Waals surface area contributed by atoms with Crippen LogP contribution in [0.4, 0.5) is 0 Å². The smallest absolute Gasteiger partial charge is 0.287 e. The van der Waals surface area contributed by atoms with E-state index in [0.29, 0.717) is 24.0 Å². The van der Waals surface area contributed by atoms with Crippen LogP contribution in [0.15, 0.2) is 0 Å². The number of nitrogens with zero attached hydrogens (tertiary/aromatic N) is 2. The Morgan fingerprint density at radius 3 is 2.62 bits per heavy atom. The molecule has 1 aromatic rings. The first-order chi connectivity index (χ1) is 11.6. The number of amides is 2. The standard InChI is InChI=1S/C18H28N4O2/c1-12(2)11-19-18(24)16-21-15(14-9-5-6-10-22(14)16)17(23)20-13-7-3-4-8-13/h12-13H,3-11H2,1-2H3,(H,19,24)(H,20,23). The van der Waals surface area contributed by atoms with Gasteiger partial charge >= 0.3 is 0 Å². The number of hydrogen-bond acceptors (Lipinski definition) is 3. The van der Waals surface area contributed by atoms with Crippen LogP contribution < -0.4 is 10.6 Å². The Morgan fingerprint density at radius 2 is 1.92 bits per heavy atom. The van der Waals surface area contributed by atoms with Crippen LogP contribution in [0, 0.1) is 5.92 Å². The number of carbonyl (C=O) groups excluding carboxylic acids is 2. The number of hydrogen-bond donors (Lipinski definition) is 2.